The summed E-state index contributed by atoms with van der Waals surface area (Å²) in [6.45, 7) is 1.85. The predicted molar refractivity (Wildman–Crippen MR) is 63.3 cm³/mol. The summed E-state index contributed by atoms with van der Waals surface area (Å²) in [6, 6.07) is 5.74. The second kappa shape index (κ2) is 5.78. The van der Waals surface area contributed by atoms with Gasteiger partial charge in [-0.1, -0.05) is 25.1 Å². The van der Waals surface area contributed by atoms with Gasteiger partial charge in [0, 0.05) is 5.38 Å². The summed E-state index contributed by atoms with van der Waals surface area (Å²) in [7, 11) is -4.55. The Bertz CT molecular complexity index is 474. The molecule has 1 aromatic rings. The lowest BCUT2D eigenvalue weighted by atomic mass is 10.1. The van der Waals surface area contributed by atoms with Crippen LogP contribution in [0, 0.1) is 0 Å². The Labute approximate surface area is 105 Å². The third-order valence-corrected chi connectivity index (χ3v) is 4.34. The van der Waals surface area contributed by atoms with Crippen LogP contribution in [-0.4, -0.2) is 19.6 Å². The average Bonchev–Trinajstić information content (AvgIpc) is 2.29. The van der Waals surface area contributed by atoms with Crippen molar-refractivity contribution < 1.29 is 17.2 Å². The van der Waals surface area contributed by atoms with Crippen molar-refractivity contribution in [1.82, 2.24) is 0 Å². The lowest BCUT2D eigenvalue weighted by Crippen LogP contribution is -2.15. The minimum absolute atomic E-state index is 0.260. The molecule has 6 heteroatoms. The van der Waals surface area contributed by atoms with Crippen molar-refractivity contribution in [3.63, 3.8) is 0 Å². The minimum atomic E-state index is -4.55. The van der Waals surface area contributed by atoms with E-state index < -0.39 is 15.6 Å². The number of hydrogen-bond acceptors (Lipinski definition) is 2. The number of alkyl halides is 3. The summed E-state index contributed by atoms with van der Waals surface area (Å²) < 4.78 is 47.8. The van der Waals surface area contributed by atoms with Crippen LogP contribution < -0.4 is 0 Å². The van der Waals surface area contributed by atoms with Crippen LogP contribution in [-0.2, 0) is 16.3 Å². The highest BCUT2D eigenvalue weighted by Crippen LogP contribution is 2.24. The molecular weight excluding hydrogens is 270 g/mol. The maximum absolute atomic E-state index is 12.5. The van der Waals surface area contributed by atoms with Crippen LogP contribution in [0.3, 0.4) is 0 Å². The first-order valence-corrected chi connectivity index (χ1v) is 7.12. The zero-order chi connectivity index (χ0) is 13.1. The molecule has 1 aromatic carbocycles. The molecule has 2 nitrogen and oxygen atoms in total. The lowest BCUT2D eigenvalue weighted by molar-refractivity contribution is 0.234. The molecule has 0 fully saturated rings. The molecule has 0 heterocycles. The molecule has 0 aliphatic carbocycles. The molecule has 1 atom stereocenters. The molecule has 96 valence electrons. The van der Waals surface area contributed by atoms with Crippen molar-refractivity contribution in [1.29, 1.82) is 0 Å². The molecule has 0 aromatic heterocycles. The summed E-state index contributed by atoms with van der Waals surface area (Å²) in [6.07, 6.45) is 0.908. The van der Waals surface area contributed by atoms with Gasteiger partial charge in [0.1, 0.15) is 0 Å². The minimum Gasteiger partial charge on any atom is -0.218 e. The molecule has 0 radical (unpaired) electrons. The molecule has 1 unspecified atom stereocenters. The lowest BCUT2D eigenvalue weighted by Gasteiger charge is -2.12. The van der Waals surface area contributed by atoms with Crippen LogP contribution in [0.1, 0.15) is 18.9 Å². The van der Waals surface area contributed by atoms with Crippen LogP contribution in [0.5, 0.6) is 0 Å². The van der Waals surface area contributed by atoms with Gasteiger partial charge in [-0.2, -0.15) is 8.78 Å². The smallest absolute Gasteiger partial charge is 0.218 e. The standard InChI is InChI=1S/C11H13ClF2O2S/c1-2-9(12)7-8-5-3-4-6-10(8)17(15,16)11(13)14/h3-6,9,11H,2,7H2,1H3. The first-order valence-electron chi connectivity index (χ1n) is 5.13. The van der Waals surface area contributed by atoms with Gasteiger partial charge in [0.25, 0.3) is 0 Å². The molecule has 0 N–H and O–H groups in total. The molecule has 0 amide bonds. The van der Waals surface area contributed by atoms with Gasteiger partial charge in [0.15, 0.2) is 0 Å². The topological polar surface area (TPSA) is 34.1 Å². The molecule has 0 saturated heterocycles. The zero-order valence-corrected chi connectivity index (χ0v) is 10.8. The Balaban J connectivity index is 3.17. The van der Waals surface area contributed by atoms with Crippen molar-refractivity contribution in [3.8, 4) is 0 Å². The van der Waals surface area contributed by atoms with Gasteiger partial charge in [0.05, 0.1) is 4.90 Å². The van der Waals surface area contributed by atoms with Crippen LogP contribution in [0.2, 0.25) is 0 Å². The van der Waals surface area contributed by atoms with E-state index in [1.54, 1.807) is 6.07 Å². The fourth-order valence-electron chi connectivity index (χ4n) is 1.43. The molecule has 1 rings (SSSR count). The quantitative estimate of drug-likeness (QED) is 0.777. The zero-order valence-electron chi connectivity index (χ0n) is 9.24. The van der Waals surface area contributed by atoms with Crippen molar-refractivity contribution >= 4 is 21.4 Å². The van der Waals surface area contributed by atoms with Gasteiger partial charge in [0.2, 0.25) is 9.84 Å². The fourth-order valence-corrected chi connectivity index (χ4v) is 2.57. The Morgan fingerprint density at radius 3 is 2.41 bits per heavy atom. The van der Waals surface area contributed by atoms with Crippen LogP contribution in [0.15, 0.2) is 29.2 Å². The molecule has 0 aliphatic heterocycles. The summed E-state index contributed by atoms with van der Waals surface area (Å²) >= 11 is 5.92. The molecule has 0 spiro atoms. The van der Waals surface area contributed by atoms with Crippen LogP contribution in [0.25, 0.3) is 0 Å². The van der Waals surface area contributed by atoms with E-state index in [2.05, 4.69) is 0 Å². The highest BCUT2D eigenvalue weighted by molar-refractivity contribution is 7.91. The largest absolute Gasteiger partial charge is 0.341 e. The van der Waals surface area contributed by atoms with E-state index in [1.165, 1.54) is 18.2 Å². The molecule has 17 heavy (non-hydrogen) atoms. The maximum atomic E-state index is 12.5. The Morgan fingerprint density at radius 1 is 1.29 bits per heavy atom. The number of rotatable bonds is 5. The highest BCUT2D eigenvalue weighted by atomic mass is 35.5. The van der Waals surface area contributed by atoms with Crippen molar-refractivity contribution in [2.24, 2.45) is 0 Å². The van der Waals surface area contributed by atoms with Gasteiger partial charge >= 0.3 is 5.76 Å². The number of sulfone groups is 1. The first kappa shape index (κ1) is 14.4. The van der Waals surface area contributed by atoms with E-state index >= 15 is 0 Å². The van der Waals surface area contributed by atoms with Crippen LogP contribution >= 0.6 is 11.6 Å². The maximum Gasteiger partial charge on any atom is 0.341 e. The fraction of sp³-hybridized carbons (Fsp3) is 0.455. The second-order valence-corrected chi connectivity index (χ2v) is 6.13. The van der Waals surface area contributed by atoms with E-state index in [9.17, 15) is 17.2 Å². The summed E-state index contributed by atoms with van der Waals surface area (Å²) in [5.41, 5.74) is 0.342. The van der Waals surface area contributed by atoms with E-state index in [0.29, 0.717) is 12.0 Å². The SMILES string of the molecule is CCC(Cl)Cc1ccccc1S(=O)(=O)C(F)F. The number of benzene rings is 1. The van der Waals surface area contributed by atoms with Crippen molar-refractivity contribution in [2.45, 2.75) is 35.8 Å². The van der Waals surface area contributed by atoms with E-state index in [0.717, 1.165) is 0 Å². The Morgan fingerprint density at radius 2 is 1.88 bits per heavy atom. The average molecular weight is 283 g/mol. The molecular formula is C11H13ClF2O2S. The van der Waals surface area contributed by atoms with Gasteiger partial charge in [-0.25, -0.2) is 8.42 Å². The van der Waals surface area contributed by atoms with E-state index in [-0.39, 0.29) is 16.7 Å². The normalized spacial score (nSPS) is 13.9. The summed E-state index contributed by atoms with van der Waals surface area (Å²) in [5, 5.41) is -0.260. The Hall–Kier alpha value is -0.680. The second-order valence-electron chi connectivity index (χ2n) is 3.62. The van der Waals surface area contributed by atoms with Gasteiger partial charge in [-0.05, 0) is 24.5 Å². The van der Waals surface area contributed by atoms with Crippen molar-refractivity contribution in [3.05, 3.63) is 29.8 Å². The first-order chi connectivity index (χ1) is 7.89. The molecule has 0 bridgehead atoms. The molecule has 0 saturated carbocycles. The van der Waals surface area contributed by atoms with Gasteiger partial charge in [-0.15, -0.1) is 11.6 Å². The predicted octanol–water partition coefficient (Wildman–Crippen LogP) is 3.24. The monoisotopic (exact) mass is 282 g/mol. The van der Waals surface area contributed by atoms with E-state index in [1.807, 2.05) is 6.92 Å². The Kier molecular flexibility index (Phi) is 4.89. The van der Waals surface area contributed by atoms with Crippen molar-refractivity contribution in [2.75, 3.05) is 0 Å². The third kappa shape index (κ3) is 3.39. The number of hydrogen-bond donors (Lipinski definition) is 0. The third-order valence-electron chi connectivity index (χ3n) is 2.40. The van der Waals surface area contributed by atoms with E-state index in [4.69, 9.17) is 11.6 Å². The van der Waals surface area contributed by atoms with Gasteiger partial charge in [-0.3, -0.25) is 0 Å². The highest BCUT2D eigenvalue weighted by Gasteiger charge is 2.29. The number of halogens is 3. The van der Waals surface area contributed by atoms with Crippen LogP contribution in [0.4, 0.5) is 8.78 Å². The van der Waals surface area contributed by atoms with Gasteiger partial charge < -0.3 is 0 Å². The summed E-state index contributed by atoms with van der Waals surface area (Å²) in [5.74, 6) is -3.40. The molecule has 0 aliphatic rings. The summed E-state index contributed by atoms with van der Waals surface area (Å²) in [4.78, 5) is -0.325.